The summed E-state index contributed by atoms with van der Waals surface area (Å²) in [5.74, 6) is 1.23. The van der Waals surface area contributed by atoms with Gasteiger partial charge in [-0.2, -0.15) is 0 Å². The lowest BCUT2D eigenvalue weighted by molar-refractivity contribution is 0.0951. The van der Waals surface area contributed by atoms with Gasteiger partial charge in [0.1, 0.15) is 5.75 Å². The first-order chi connectivity index (χ1) is 20.5. The first-order valence-corrected chi connectivity index (χ1v) is 15.5. The molecule has 0 unspecified atom stereocenters. The molecule has 1 amide bonds. The van der Waals surface area contributed by atoms with Gasteiger partial charge in [-0.25, -0.2) is 0 Å². The van der Waals surface area contributed by atoms with E-state index in [-0.39, 0.29) is 12.0 Å². The van der Waals surface area contributed by atoms with E-state index in [9.17, 15) is 4.79 Å². The number of ether oxygens (including phenoxy) is 1. The van der Waals surface area contributed by atoms with Crippen LogP contribution in [-0.2, 0) is 13.0 Å². The van der Waals surface area contributed by atoms with E-state index in [4.69, 9.17) is 16.3 Å². The van der Waals surface area contributed by atoms with Crippen LogP contribution >= 0.6 is 11.6 Å². The molecule has 0 bridgehead atoms. The molecule has 0 aromatic heterocycles. The minimum absolute atomic E-state index is 0.105. The summed E-state index contributed by atoms with van der Waals surface area (Å²) in [6.45, 7) is 2.43. The average molecular weight is 581 g/mol. The van der Waals surface area contributed by atoms with Crippen LogP contribution in [0.25, 0.3) is 11.1 Å². The SMILES string of the molecule is CN(CCCNC(=O)c1ccc(OC2CCC(Cc3ccc(-c4ccccc4)cc3)CC2)c(Cl)c1)Cc1ccccc1. The lowest BCUT2D eigenvalue weighted by Gasteiger charge is -2.29. The second-order valence-corrected chi connectivity index (χ2v) is 11.9. The Morgan fingerprint density at radius 1 is 0.833 bits per heavy atom. The van der Waals surface area contributed by atoms with Gasteiger partial charge >= 0.3 is 0 Å². The second-order valence-electron chi connectivity index (χ2n) is 11.5. The van der Waals surface area contributed by atoms with Crippen LogP contribution in [0.3, 0.4) is 0 Å². The van der Waals surface area contributed by atoms with Crippen LogP contribution in [0.1, 0.15) is 53.6 Å². The molecule has 0 heterocycles. The second kappa shape index (κ2) is 15.0. The highest BCUT2D eigenvalue weighted by molar-refractivity contribution is 6.32. The van der Waals surface area contributed by atoms with Crippen molar-refractivity contribution in [2.45, 2.75) is 51.2 Å². The van der Waals surface area contributed by atoms with Gasteiger partial charge in [-0.1, -0.05) is 96.5 Å². The zero-order valence-electron chi connectivity index (χ0n) is 24.5. The van der Waals surface area contributed by atoms with Crippen molar-refractivity contribution in [3.8, 4) is 16.9 Å². The van der Waals surface area contributed by atoms with Crippen molar-refractivity contribution >= 4 is 17.5 Å². The fourth-order valence-electron chi connectivity index (χ4n) is 5.80. The molecule has 42 heavy (non-hydrogen) atoms. The van der Waals surface area contributed by atoms with E-state index in [1.54, 1.807) is 6.07 Å². The summed E-state index contributed by atoms with van der Waals surface area (Å²) in [6, 6.07) is 35.3. The zero-order valence-corrected chi connectivity index (χ0v) is 25.2. The summed E-state index contributed by atoms with van der Waals surface area (Å²) >= 11 is 6.55. The Hall–Kier alpha value is -3.60. The molecule has 5 rings (SSSR count). The van der Waals surface area contributed by atoms with Crippen molar-refractivity contribution in [3.63, 3.8) is 0 Å². The van der Waals surface area contributed by atoms with E-state index < -0.39 is 0 Å². The summed E-state index contributed by atoms with van der Waals surface area (Å²) in [5.41, 5.74) is 5.77. The molecule has 0 radical (unpaired) electrons. The summed E-state index contributed by atoms with van der Waals surface area (Å²) in [4.78, 5) is 15.0. The summed E-state index contributed by atoms with van der Waals surface area (Å²) in [7, 11) is 2.10. The minimum atomic E-state index is -0.105. The minimum Gasteiger partial charge on any atom is -0.489 e. The first kappa shape index (κ1) is 29.9. The third kappa shape index (κ3) is 8.70. The van der Waals surface area contributed by atoms with Gasteiger partial charge < -0.3 is 15.0 Å². The summed E-state index contributed by atoms with van der Waals surface area (Å²) in [6.07, 6.45) is 6.47. The van der Waals surface area contributed by atoms with Crippen LogP contribution in [0, 0.1) is 5.92 Å². The molecule has 1 N–H and O–H groups in total. The molecule has 1 aliphatic carbocycles. The molecule has 0 spiro atoms. The van der Waals surface area contributed by atoms with Crippen LogP contribution in [0.2, 0.25) is 5.02 Å². The molecular formula is C37H41ClN2O2. The number of hydrogen-bond donors (Lipinski definition) is 1. The highest BCUT2D eigenvalue weighted by Crippen LogP contribution is 2.33. The fourth-order valence-corrected chi connectivity index (χ4v) is 6.02. The van der Waals surface area contributed by atoms with Crippen LogP contribution in [0.15, 0.2) is 103 Å². The Kier molecular flexibility index (Phi) is 10.7. The van der Waals surface area contributed by atoms with Gasteiger partial charge in [-0.15, -0.1) is 0 Å². The number of hydrogen-bond acceptors (Lipinski definition) is 3. The molecule has 5 heteroatoms. The number of carbonyl (C=O) groups excluding carboxylic acids is 1. The zero-order chi connectivity index (χ0) is 29.1. The summed E-state index contributed by atoms with van der Waals surface area (Å²) < 4.78 is 6.29. The number of benzene rings is 4. The number of carbonyl (C=O) groups is 1. The summed E-state index contributed by atoms with van der Waals surface area (Å²) in [5, 5.41) is 3.51. The van der Waals surface area contributed by atoms with Crippen molar-refractivity contribution in [2.75, 3.05) is 20.1 Å². The Bertz CT molecular complexity index is 1400. The Balaban J connectivity index is 1.02. The van der Waals surface area contributed by atoms with Gasteiger partial charge in [-0.3, -0.25) is 4.79 Å². The van der Waals surface area contributed by atoms with E-state index in [2.05, 4.69) is 96.1 Å². The molecular weight excluding hydrogens is 540 g/mol. The van der Waals surface area contributed by atoms with E-state index in [0.29, 0.717) is 28.8 Å². The van der Waals surface area contributed by atoms with Crippen LogP contribution in [-0.4, -0.2) is 37.0 Å². The van der Waals surface area contributed by atoms with Gasteiger partial charge in [0.25, 0.3) is 5.91 Å². The fraction of sp³-hybridized carbons (Fsp3) is 0.324. The van der Waals surface area contributed by atoms with Gasteiger partial charge in [0.2, 0.25) is 0 Å². The third-order valence-corrected chi connectivity index (χ3v) is 8.46. The predicted octanol–water partition coefficient (Wildman–Crippen LogP) is 8.44. The van der Waals surface area contributed by atoms with Gasteiger partial charge in [0, 0.05) is 18.7 Å². The Morgan fingerprint density at radius 2 is 1.50 bits per heavy atom. The lowest BCUT2D eigenvalue weighted by atomic mass is 9.83. The average Bonchev–Trinajstić information content (AvgIpc) is 3.02. The number of rotatable bonds is 12. The van der Waals surface area contributed by atoms with Gasteiger partial charge in [-0.05, 0) is 98.5 Å². The maximum Gasteiger partial charge on any atom is 0.251 e. The van der Waals surface area contributed by atoms with Crippen LogP contribution in [0.5, 0.6) is 5.75 Å². The number of nitrogens with zero attached hydrogens (tertiary/aromatic N) is 1. The molecule has 4 aromatic carbocycles. The van der Waals surface area contributed by atoms with Gasteiger partial charge in [0.15, 0.2) is 0 Å². The number of nitrogens with one attached hydrogen (secondary N) is 1. The quantitative estimate of drug-likeness (QED) is 0.171. The van der Waals surface area contributed by atoms with Crippen LogP contribution < -0.4 is 10.1 Å². The predicted molar refractivity (Wildman–Crippen MR) is 173 cm³/mol. The molecule has 1 saturated carbocycles. The van der Waals surface area contributed by atoms with Crippen LogP contribution in [0.4, 0.5) is 0 Å². The van der Waals surface area contributed by atoms with E-state index in [1.165, 1.54) is 22.3 Å². The van der Waals surface area contributed by atoms with Crippen molar-refractivity contribution in [3.05, 3.63) is 125 Å². The first-order valence-electron chi connectivity index (χ1n) is 15.1. The molecule has 0 saturated heterocycles. The van der Waals surface area contributed by atoms with Crippen molar-refractivity contribution in [1.29, 1.82) is 0 Å². The standard InChI is InChI=1S/C37H41ClN2O2/c1-40(27-30-9-4-2-5-10-30)24-8-23-39-37(41)33-19-22-36(35(38)26-33)42-34-20-15-29(16-21-34)25-28-13-17-32(18-14-28)31-11-6-3-7-12-31/h2-7,9-14,17-19,22,26,29,34H,8,15-16,20-21,23-25,27H2,1H3,(H,39,41). The Labute approximate surface area is 255 Å². The van der Waals surface area contributed by atoms with Gasteiger partial charge in [0.05, 0.1) is 11.1 Å². The molecule has 4 aromatic rings. The topological polar surface area (TPSA) is 41.6 Å². The molecule has 218 valence electrons. The molecule has 1 aliphatic rings. The number of halogens is 1. The normalized spacial score (nSPS) is 16.7. The van der Waals surface area contributed by atoms with Crippen molar-refractivity contribution < 1.29 is 9.53 Å². The monoisotopic (exact) mass is 580 g/mol. The lowest BCUT2D eigenvalue weighted by Crippen LogP contribution is -2.28. The maximum atomic E-state index is 12.7. The molecule has 1 fully saturated rings. The van der Waals surface area contributed by atoms with E-state index >= 15 is 0 Å². The van der Waals surface area contributed by atoms with E-state index in [0.717, 1.165) is 51.6 Å². The van der Waals surface area contributed by atoms with Crippen molar-refractivity contribution in [2.24, 2.45) is 5.92 Å². The van der Waals surface area contributed by atoms with Crippen molar-refractivity contribution in [1.82, 2.24) is 10.2 Å². The third-order valence-electron chi connectivity index (χ3n) is 8.16. The highest BCUT2D eigenvalue weighted by atomic mass is 35.5. The largest absolute Gasteiger partial charge is 0.489 e. The molecule has 0 atom stereocenters. The molecule has 0 aliphatic heterocycles. The van der Waals surface area contributed by atoms with E-state index in [1.807, 2.05) is 18.2 Å². The smallest absolute Gasteiger partial charge is 0.251 e. The highest BCUT2D eigenvalue weighted by Gasteiger charge is 2.23. The Morgan fingerprint density at radius 3 is 2.19 bits per heavy atom. The molecule has 4 nitrogen and oxygen atoms in total. The number of amides is 1. The maximum absolute atomic E-state index is 12.7.